The zero-order valence-corrected chi connectivity index (χ0v) is 11.2. The van der Waals surface area contributed by atoms with Crippen LogP contribution in [0.3, 0.4) is 0 Å². The Morgan fingerprint density at radius 2 is 1.84 bits per heavy atom. The molecule has 0 N–H and O–H groups in total. The smallest absolute Gasteiger partial charge is 0.187 e. The molecule has 5 heteroatoms. The molecule has 0 spiro atoms. The Morgan fingerprint density at radius 1 is 1.16 bits per heavy atom. The molecule has 0 atom stereocenters. The van der Waals surface area contributed by atoms with Crippen LogP contribution >= 0.6 is 23.2 Å². The highest BCUT2D eigenvalue weighted by atomic mass is 35.5. The second-order valence-electron chi connectivity index (χ2n) is 3.84. The highest BCUT2D eigenvalue weighted by Crippen LogP contribution is 2.19. The summed E-state index contributed by atoms with van der Waals surface area (Å²) < 4.78 is 0. The first-order valence-corrected chi connectivity index (χ1v) is 6.17. The number of ketones is 1. The van der Waals surface area contributed by atoms with Crippen LogP contribution in [-0.4, -0.2) is 10.8 Å². The molecule has 94 valence electrons. The quantitative estimate of drug-likeness (QED) is 0.478. The van der Waals surface area contributed by atoms with Gasteiger partial charge in [-0.15, -0.1) is 0 Å². The summed E-state index contributed by atoms with van der Waals surface area (Å²) in [5.74, 6) is -0.0810. The predicted octanol–water partition coefficient (Wildman–Crippen LogP) is 4.36. The summed E-state index contributed by atoms with van der Waals surface area (Å²) >= 11 is 11.6. The van der Waals surface area contributed by atoms with E-state index in [0.29, 0.717) is 22.0 Å². The van der Waals surface area contributed by atoms with Gasteiger partial charge in [0.2, 0.25) is 0 Å². The standard InChI is InChI=1S/C14H8Cl2N2O/c1-17-11-5-2-9(3-6-11)12(19)8-10-4-7-13(15)18-14(10)16/h2-7H,8H2. The fourth-order valence-corrected chi connectivity index (χ4v) is 1.98. The van der Waals surface area contributed by atoms with E-state index in [-0.39, 0.29) is 17.4 Å². The lowest BCUT2D eigenvalue weighted by Crippen LogP contribution is -2.04. The summed E-state index contributed by atoms with van der Waals surface area (Å²) in [5.41, 5.74) is 1.67. The largest absolute Gasteiger partial charge is 0.294 e. The fraction of sp³-hybridized carbons (Fsp3) is 0.0714. The molecule has 0 saturated carbocycles. The van der Waals surface area contributed by atoms with Crippen LogP contribution in [0.4, 0.5) is 5.69 Å². The molecule has 2 rings (SSSR count). The van der Waals surface area contributed by atoms with Crippen molar-refractivity contribution in [3.05, 3.63) is 69.2 Å². The topological polar surface area (TPSA) is 34.3 Å². The summed E-state index contributed by atoms with van der Waals surface area (Å²) in [5, 5.41) is 0.529. The van der Waals surface area contributed by atoms with Gasteiger partial charge in [-0.2, -0.15) is 0 Å². The van der Waals surface area contributed by atoms with E-state index >= 15 is 0 Å². The zero-order chi connectivity index (χ0) is 13.8. The molecular formula is C14H8Cl2N2O. The minimum absolute atomic E-state index is 0.0810. The molecule has 0 aliphatic carbocycles. The molecule has 1 aromatic carbocycles. The van der Waals surface area contributed by atoms with Gasteiger partial charge in [-0.1, -0.05) is 53.5 Å². The van der Waals surface area contributed by atoms with Gasteiger partial charge in [0.25, 0.3) is 0 Å². The monoisotopic (exact) mass is 290 g/mol. The van der Waals surface area contributed by atoms with E-state index in [1.807, 2.05) is 0 Å². The number of aromatic nitrogens is 1. The normalized spacial score (nSPS) is 9.95. The summed E-state index contributed by atoms with van der Waals surface area (Å²) in [4.78, 5) is 19.2. The summed E-state index contributed by atoms with van der Waals surface area (Å²) in [6.45, 7) is 6.85. The number of carbonyl (C=O) groups is 1. The number of pyridine rings is 1. The van der Waals surface area contributed by atoms with Crippen LogP contribution in [0.25, 0.3) is 4.85 Å². The van der Waals surface area contributed by atoms with Crippen molar-refractivity contribution in [1.82, 2.24) is 4.98 Å². The molecule has 0 aliphatic heterocycles. The molecule has 0 aliphatic rings. The van der Waals surface area contributed by atoms with Gasteiger partial charge in [-0.25, -0.2) is 9.83 Å². The maximum absolute atomic E-state index is 12.1. The van der Waals surface area contributed by atoms with Crippen molar-refractivity contribution in [2.24, 2.45) is 0 Å². The van der Waals surface area contributed by atoms with Gasteiger partial charge in [0.05, 0.1) is 6.57 Å². The molecule has 1 aromatic heterocycles. The van der Waals surface area contributed by atoms with E-state index in [4.69, 9.17) is 29.8 Å². The van der Waals surface area contributed by atoms with Crippen molar-refractivity contribution < 1.29 is 4.79 Å². The number of hydrogen-bond donors (Lipinski definition) is 0. The van der Waals surface area contributed by atoms with E-state index < -0.39 is 0 Å². The zero-order valence-electron chi connectivity index (χ0n) is 9.73. The second-order valence-corrected chi connectivity index (χ2v) is 4.59. The molecule has 19 heavy (non-hydrogen) atoms. The molecule has 0 fully saturated rings. The number of benzene rings is 1. The van der Waals surface area contributed by atoms with Crippen LogP contribution in [0.1, 0.15) is 15.9 Å². The molecule has 0 radical (unpaired) electrons. The average molecular weight is 291 g/mol. The Hall–Kier alpha value is -1.89. The van der Waals surface area contributed by atoms with Gasteiger partial charge in [0, 0.05) is 12.0 Å². The Labute approximate surface area is 120 Å². The van der Waals surface area contributed by atoms with Crippen LogP contribution in [0.15, 0.2) is 36.4 Å². The number of hydrogen-bond acceptors (Lipinski definition) is 2. The maximum atomic E-state index is 12.1. The summed E-state index contributed by atoms with van der Waals surface area (Å²) in [6, 6.07) is 9.77. The van der Waals surface area contributed by atoms with Gasteiger partial charge >= 0.3 is 0 Å². The number of carbonyl (C=O) groups excluding carboxylic acids is 1. The van der Waals surface area contributed by atoms with E-state index in [1.165, 1.54) is 0 Å². The number of halogens is 2. The van der Waals surface area contributed by atoms with Crippen LogP contribution in [0.2, 0.25) is 10.3 Å². The van der Waals surface area contributed by atoms with E-state index in [2.05, 4.69) is 9.83 Å². The van der Waals surface area contributed by atoms with Crippen molar-refractivity contribution >= 4 is 34.7 Å². The third-order valence-corrected chi connectivity index (χ3v) is 3.10. The number of nitrogens with zero attached hydrogens (tertiary/aromatic N) is 2. The van der Waals surface area contributed by atoms with E-state index in [0.717, 1.165) is 0 Å². The van der Waals surface area contributed by atoms with Crippen molar-refractivity contribution in [3.8, 4) is 0 Å². The lowest BCUT2D eigenvalue weighted by molar-refractivity contribution is 0.0993. The Balaban J connectivity index is 2.18. The van der Waals surface area contributed by atoms with Crippen LogP contribution < -0.4 is 0 Å². The van der Waals surface area contributed by atoms with Gasteiger partial charge in [-0.3, -0.25) is 4.79 Å². The van der Waals surface area contributed by atoms with Gasteiger partial charge in [-0.05, 0) is 11.6 Å². The Morgan fingerprint density at radius 3 is 2.42 bits per heavy atom. The third-order valence-electron chi connectivity index (χ3n) is 2.56. The molecule has 3 nitrogen and oxygen atoms in total. The third kappa shape index (κ3) is 3.31. The number of Topliss-reactive ketones (excluding diaryl/α,β-unsaturated/α-hetero) is 1. The molecule has 1 heterocycles. The highest BCUT2D eigenvalue weighted by molar-refractivity contribution is 6.33. The average Bonchev–Trinajstić information content (AvgIpc) is 2.42. The minimum Gasteiger partial charge on any atom is -0.294 e. The first-order valence-electron chi connectivity index (χ1n) is 5.42. The predicted molar refractivity (Wildman–Crippen MR) is 75.0 cm³/mol. The SMILES string of the molecule is [C-]#[N+]c1ccc(C(=O)Cc2ccc(Cl)nc2Cl)cc1. The van der Waals surface area contributed by atoms with Crippen LogP contribution in [0, 0.1) is 6.57 Å². The van der Waals surface area contributed by atoms with Gasteiger partial charge in [0.1, 0.15) is 10.3 Å². The van der Waals surface area contributed by atoms with E-state index in [9.17, 15) is 4.79 Å². The van der Waals surface area contributed by atoms with Gasteiger partial charge in [0.15, 0.2) is 11.5 Å². The van der Waals surface area contributed by atoms with Gasteiger partial charge < -0.3 is 0 Å². The lowest BCUT2D eigenvalue weighted by atomic mass is 10.0. The van der Waals surface area contributed by atoms with Crippen molar-refractivity contribution in [3.63, 3.8) is 0 Å². The van der Waals surface area contributed by atoms with E-state index in [1.54, 1.807) is 36.4 Å². The summed E-state index contributed by atoms with van der Waals surface area (Å²) in [7, 11) is 0. The number of rotatable bonds is 3. The molecule has 0 unspecified atom stereocenters. The first kappa shape index (κ1) is 13.5. The highest BCUT2D eigenvalue weighted by Gasteiger charge is 2.10. The second kappa shape index (κ2) is 5.83. The maximum Gasteiger partial charge on any atom is 0.187 e. The lowest BCUT2D eigenvalue weighted by Gasteiger charge is -2.04. The van der Waals surface area contributed by atoms with Crippen LogP contribution in [-0.2, 0) is 6.42 Å². The first-order chi connectivity index (χ1) is 9.10. The molecule has 2 aromatic rings. The van der Waals surface area contributed by atoms with Crippen molar-refractivity contribution in [2.75, 3.05) is 0 Å². The molecular weight excluding hydrogens is 283 g/mol. The molecule has 0 saturated heterocycles. The summed E-state index contributed by atoms with van der Waals surface area (Å²) in [6.07, 6.45) is 0.153. The Bertz CT molecular complexity index is 660. The Kier molecular flexibility index (Phi) is 4.16. The minimum atomic E-state index is -0.0810. The van der Waals surface area contributed by atoms with Crippen molar-refractivity contribution in [2.45, 2.75) is 6.42 Å². The fourth-order valence-electron chi connectivity index (χ4n) is 1.57. The van der Waals surface area contributed by atoms with Crippen molar-refractivity contribution in [1.29, 1.82) is 0 Å². The van der Waals surface area contributed by atoms with Crippen LogP contribution in [0.5, 0.6) is 0 Å². The molecule has 0 bridgehead atoms. The molecule has 0 amide bonds.